The van der Waals surface area contributed by atoms with Crippen LogP contribution in [0.25, 0.3) is 0 Å². The van der Waals surface area contributed by atoms with E-state index in [0.29, 0.717) is 6.61 Å². The fourth-order valence-corrected chi connectivity index (χ4v) is 1.84. The predicted octanol–water partition coefficient (Wildman–Crippen LogP) is 2.30. The van der Waals surface area contributed by atoms with Crippen LogP contribution in [0.3, 0.4) is 0 Å². The Hall–Kier alpha value is -1.06. The Morgan fingerprint density at radius 1 is 1.50 bits per heavy atom. The molecule has 0 radical (unpaired) electrons. The van der Waals surface area contributed by atoms with Gasteiger partial charge in [0.15, 0.2) is 0 Å². The van der Waals surface area contributed by atoms with Gasteiger partial charge in [-0.1, -0.05) is 12.1 Å². The van der Waals surface area contributed by atoms with Crippen LogP contribution in [0.1, 0.15) is 31.4 Å². The first kappa shape index (κ1) is 11.4. The quantitative estimate of drug-likeness (QED) is 0.852. The Bertz CT molecular complexity index is 330. The highest BCUT2D eigenvalue weighted by molar-refractivity contribution is 5.29. The van der Waals surface area contributed by atoms with Crippen LogP contribution < -0.4 is 4.74 Å². The summed E-state index contributed by atoms with van der Waals surface area (Å²) in [6.07, 6.45) is 1.80. The topological polar surface area (TPSA) is 38.7 Å². The van der Waals surface area contributed by atoms with Crippen molar-refractivity contribution in [2.45, 2.75) is 32.0 Å². The summed E-state index contributed by atoms with van der Waals surface area (Å²) in [5, 5.41) is 9.47. The number of hydrogen-bond donors (Lipinski definition) is 1. The monoisotopic (exact) mass is 222 g/mol. The summed E-state index contributed by atoms with van der Waals surface area (Å²) in [6, 6.07) is 7.61. The maximum absolute atomic E-state index is 9.47. The van der Waals surface area contributed by atoms with E-state index in [2.05, 4.69) is 0 Å². The van der Waals surface area contributed by atoms with Crippen molar-refractivity contribution in [2.24, 2.45) is 0 Å². The largest absolute Gasteiger partial charge is 0.488 e. The molecule has 1 heterocycles. The zero-order valence-electron chi connectivity index (χ0n) is 9.56. The third-order valence-corrected chi connectivity index (χ3v) is 2.76. The van der Waals surface area contributed by atoms with Gasteiger partial charge in [0, 0.05) is 6.61 Å². The molecule has 2 atom stereocenters. The summed E-state index contributed by atoms with van der Waals surface area (Å²) in [4.78, 5) is 0. The van der Waals surface area contributed by atoms with Crippen molar-refractivity contribution in [3.05, 3.63) is 29.8 Å². The van der Waals surface area contributed by atoms with Crippen LogP contribution in [0.5, 0.6) is 5.75 Å². The fourth-order valence-electron chi connectivity index (χ4n) is 1.84. The van der Waals surface area contributed by atoms with Gasteiger partial charge in [-0.2, -0.15) is 0 Å². The first-order chi connectivity index (χ1) is 7.75. The van der Waals surface area contributed by atoms with E-state index in [1.165, 1.54) is 0 Å². The molecule has 3 nitrogen and oxygen atoms in total. The lowest BCUT2D eigenvalue weighted by Crippen LogP contribution is -2.28. The average molecular weight is 222 g/mol. The van der Waals surface area contributed by atoms with Gasteiger partial charge in [-0.25, -0.2) is 0 Å². The molecule has 1 aliphatic heterocycles. The molecule has 0 bridgehead atoms. The molecule has 0 aliphatic carbocycles. The van der Waals surface area contributed by atoms with Gasteiger partial charge in [-0.15, -0.1) is 0 Å². The van der Waals surface area contributed by atoms with E-state index < -0.39 is 6.10 Å². The second-order valence-corrected chi connectivity index (χ2v) is 4.21. The molecule has 0 aromatic heterocycles. The van der Waals surface area contributed by atoms with Gasteiger partial charge in [0.2, 0.25) is 0 Å². The molecule has 88 valence electrons. The highest BCUT2D eigenvalue weighted by Gasteiger charge is 2.15. The third-order valence-electron chi connectivity index (χ3n) is 2.76. The third kappa shape index (κ3) is 2.97. The second kappa shape index (κ2) is 5.32. The van der Waals surface area contributed by atoms with E-state index in [1.54, 1.807) is 6.92 Å². The molecule has 0 saturated carbocycles. The standard InChI is InChI=1S/C13H18O3/c1-10(14)11-4-2-5-12(8-11)16-13-6-3-7-15-9-13/h2,4-5,8,10,13-14H,3,6-7,9H2,1H3. The SMILES string of the molecule is CC(O)c1cccc(OC2CCCOC2)c1. The van der Waals surface area contributed by atoms with Gasteiger partial charge in [0.1, 0.15) is 11.9 Å². The van der Waals surface area contributed by atoms with Crippen molar-refractivity contribution < 1.29 is 14.6 Å². The van der Waals surface area contributed by atoms with Crippen LogP contribution in [0.4, 0.5) is 0 Å². The summed E-state index contributed by atoms with van der Waals surface area (Å²) >= 11 is 0. The minimum atomic E-state index is -0.453. The van der Waals surface area contributed by atoms with E-state index in [0.717, 1.165) is 30.8 Å². The zero-order valence-corrected chi connectivity index (χ0v) is 9.56. The summed E-state index contributed by atoms with van der Waals surface area (Å²) in [6.45, 7) is 3.26. The lowest BCUT2D eigenvalue weighted by Gasteiger charge is -2.23. The maximum atomic E-state index is 9.47. The molecule has 16 heavy (non-hydrogen) atoms. The highest BCUT2D eigenvalue weighted by Crippen LogP contribution is 2.21. The van der Waals surface area contributed by atoms with Gasteiger partial charge in [0.25, 0.3) is 0 Å². The molecular formula is C13H18O3. The van der Waals surface area contributed by atoms with Crippen LogP contribution in [-0.4, -0.2) is 24.4 Å². The number of benzene rings is 1. The summed E-state index contributed by atoms with van der Waals surface area (Å²) < 4.78 is 11.2. The Balaban J connectivity index is 2.00. The molecule has 1 aromatic rings. The van der Waals surface area contributed by atoms with E-state index >= 15 is 0 Å². The van der Waals surface area contributed by atoms with Crippen molar-refractivity contribution in [2.75, 3.05) is 13.2 Å². The van der Waals surface area contributed by atoms with E-state index in [-0.39, 0.29) is 6.10 Å². The van der Waals surface area contributed by atoms with E-state index in [4.69, 9.17) is 9.47 Å². The van der Waals surface area contributed by atoms with Crippen molar-refractivity contribution >= 4 is 0 Å². The van der Waals surface area contributed by atoms with Crippen LogP contribution in [0.2, 0.25) is 0 Å². The fraction of sp³-hybridized carbons (Fsp3) is 0.538. The minimum Gasteiger partial charge on any atom is -0.488 e. The normalized spacial score (nSPS) is 22.8. The van der Waals surface area contributed by atoms with Crippen LogP contribution in [0.15, 0.2) is 24.3 Å². The molecule has 0 amide bonds. The smallest absolute Gasteiger partial charge is 0.122 e. The Morgan fingerprint density at radius 2 is 2.38 bits per heavy atom. The van der Waals surface area contributed by atoms with Crippen LogP contribution >= 0.6 is 0 Å². The Kier molecular flexibility index (Phi) is 3.80. The lowest BCUT2D eigenvalue weighted by molar-refractivity contribution is 0.00733. The molecule has 3 heteroatoms. The maximum Gasteiger partial charge on any atom is 0.122 e. The lowest BCUT2D eigenvalue weighted by atomic mass is 10.1. The van der Waals surface area contributed by atoms with Gasteiger partial charge in [-0.3, -0.25) is 0 Å². The second-order valence-electron chi connectivity index (χ2n) is 4.21. The zero-order chi connectivity index (χ0) is 11.4. The number of ether oxygens (including phenoxy) is 2. The number of aliphatic hydroxyl groups is 1. The molecule has 1 aromatic carbocycles. The van der Waals surface area contributed by atoms with Crippen LogP contribution in [-0.2, 0) is 4.74 Å². The minimum absolute atomic E-state index is 0.151. The van der Waals surface area contributed by atoms with Crippen molar-refractivity contribution in [3.63, 3.8) is 0 Å². The van der Waals surface area contributed by atoms with Crippen LogP contribution in [0, 0.1) is 0 Å². The molecule has 1 saturated heterocycles. The van der Waals surface area contributed by atoms with Gasteiger partial charge < -0.3 is 14.6 Å². The summed E-state index contributed by atoms with van der Waals surface area (Å²) in [5.41, 5.74) is 0.884. The molecule has 0 spiro atoms. The summed E-state index contributed by atoms with van der Waals surface area (Å²) in [7, 11) is 0. The molecule has 2 rings (SSSR count). The number of rotatable bonds is 3. The summed E-state index contributed by atoms with van der Waals surface area (Å²) in [5.74, 6) is 0.814. The number of aliphatic hydroxyl groups excluding tert-OH is 1. The van der Waals surface area contributed by atoms with E-state index in [1.807, 2.05) is 24.3 Å². The van der Waals surface area contributed by atoms with Gasteiger partial charge in [0.05, 0.1) is 12.7 Å². The van der Waals surface area contributed by atoms with Crippen molar-refractivity contribution in [1.82, 2.24) is 0 Å². The Morgan fingerprint density at radius 3 is 3.06 bits per heavy atom. The van der Waals surface area contributed by atoms with Crippen molar-refractivity contribution in [3.8, 4) is 5.75 Å². The average Bonchev–Trinajstić information content (AvgIpc) is 2.30. The molecule has 1 aliphatic rings. The molecule has 1 N–H and O–H groups in total. The predicted molar refractivity (Wildman–Crippen MR) is 61.5 cm³/mol. The molecular weight excluding hydrogens is 204 g/mol. The molecule has 1 fully saturated rings. The van der Waals surface area contributed by atoms with Crippen molar-refractivity contribution in [1.29, 1.82) is 0 Å². The van der Waals surface area contributed by atoms with E-state index in [9.17, 15) is 5.11 Å². The highest BCUT2D eigenvalue weighted by atomic mass is 16.5. The number of hydrogen-bond acceptors (Lipinski definition) is 3. The molecule has 2 unspecified atom stereocenters. The van der Waals surface area contributed by atoms with Gasteiger partial charge >= 0.3 is 0 Å². The Labute approximate surface area is 96.0 Å². The first-order valence-electron chi connectivity index (χ1n) is 5.78. The first-order valence-corrected chi connectivity index (χ1v) is 5.78. The van der Waals surface area contributed by atoms with Gasteiger partial charge in [-0.05, 0) is 37.5 Å².